The summed E-state index contributed by atoms with van der Waals surface area (Å²) in [6.07, 6.45) is 0. The van der Waals surface area contributed by atoms with Crippen LogP contribution in [-0.4, -0.2) is 71.0 Å². The molecular formula is C21H27N3O9. The molecule has 1 heterocycles. The highest BCUT2D eigenvalue weighted by atomic mass is 16.5. The van der Waals surface area contributed by atoms with Crippen LogP contribution in [0.4, 0.5) is 4.79 Å². The maximum Gasteiger partial charge on any atom is 0.338 e. The van der Waals surface area contributed by atoms with Gasteiger partial charge in [0.25, 0.3) is 5.91 Å². The Bertz CT molecular complexity index is 933. The first kappa shape index (κ1) is 25.3. The van der Waals surface area contributed by atoms with Crippen LogP contribution in [0.25, 0.3) is 0 Å². The molecule has 2 rings (SSSR count). The van der Waals surface area contributed by atoms with E-state index in [0.29, 0.717) is 5.75 Å². The van der Waals surface area contributed by atoms with Gasteiger partial charge >= 0.3 is 18.0 Å². The summed E-state index contributed by atoms with van der Waals surface area (Å²) in [6.45, 7) is 2.55. The number of carbonyl (C=O) groups excluding carboxylic acids is 4. The Hall–Kier alpha value is -3.96. The Kier molecular flexibility index (Phi) is 8.89. The van der Waals surface area contributed by atoms with E-state index >= 15 is 0 Å². The van der Waals surface area contributed by atoms with Crippen LogP contribution in [0.3, 0.4) is 0 Å². The average molecular weight is 465 g/mol. The molecule has 0 aliphatic carbocycles. The molecule has 0 radical (unpaired) electrons. The van der Waals surface area contributed by atoms with Gasteiger partial charge in [-0.2, -0.15) is 0 Å². The van der Waals surface area contributed by atoms with Crippen molar-refractivity contribution < 1.29 is 42.9 Å². The zero-order chi connectivity index (χ0) is 24.5. The van der Waals surface area contributed by atoms with E-state index in [4.69, 9.17) is 23.7 Å². The number of ether oxygens (including phenoxy) is 5. The third-order valence-corrected chi connectivity index (χ3v) is 4.56. The predicted molar refractivity (Wildman–Crippen MR) is 114 cm³/mol. The van der Waals surface area contributed by atoms with E-state index in [1.165, 1.54) is 33.5 Å². The van der Waals surface area contributed by atoms with E-state index in [9.17, 15) is 19.2 Å². The quantitative estimate of drug-likeness (QED) is 0.420. The van der Waals surface area contributed by atoms with E-state index in [1.54, 1.807) is 13.8 Å². The number of carbonyl (C=O) groups is 4. The number of rotatable bonds is 10. The molecule has 1 aromatic rings. The van der Waals surface area contributed by atoms with Gasteiger partial charge in [0, 0.05) is 5.56 Å². The first-order chi connectivity index (χ1) is 15.7. The van der Waals surface area contributed by atoms with Gasteiger partial charge in [-0.05, 0) is 26.0 Å². The molecule has 0 aromatic heterocycles. The Labute approximate surface area is 190 Å². The number of methoxy groups -OCH3 is 3. The number of urea groups is 1. The maximum absolute atomic E-state index is 12.5. The molecule has 1 atom stereocenters. The third kappa shape index (κ3) is 6.28. The lowest BCUT2D eigenvalue weighted by molar-refractivity contribution is -0.142. The molecule has 3 N–H and O–H groups in total. The van der Waals surface area contributed by atoms with Gasteiger partial charge in [-0.25, -0.2) is 9.59 Å². The van der Waals surface area contributed by atoms with Crippen molar-refractivity contribution >= 4 is 23.9 Å². The van der Waals surface area contributed by atoms with E-state index in [1.807, 2.05) is 0 Å². The number of amides is 3. The second kappa shape index (κ2) is 11.6. The van der Waals surface area contributed by atoms with Crippen LogP contribution in [-0.2, 0) is 19.1 Å². The highest BCUT2D eigenvalue weighted by Crippen LogP contribution is 2.38. The van der Waals surface area contributed by atoms with Gasteiger partial charge in [-0.3, -0.25) is 9.59 Å². The fourth-order valence-corrected chi connectivity index (χ4v) is 3.06. The zero-order valence-corrected chi connectivity index (χ0v) is 19.0. The summed E-state index contributed by atoms with van der Waals surface area (Å²) in [5.74, 6) is -1.13. The van der Waals surface area contributed by atoms with Gasteiger partial charge in [-0.1, -0.05) is 0 Å². The molecule has 12 heteroatoms. The first-order valence-electron chi connectivity index (χ1n) is 9.97. The summed E-state index contributed by atoms with van der Waals surface area (Å²) >= 11 is 0. The lowest BCUT2D eigenvalue weighted by Gasteiger charge is -2.26. The predicted octanol–water partition coefficient (Wildman–Crippen LogP) is 0.504. The summed E-state index contributed by atoms with van der Waals surface area (Å²) in [5.41, 5.74) is 0.420. The molecule has 0 saturated carbocycles. The largest absolute Gasteiger partial charge is 0.493 e. The van der Waals surface area contributed by atoms with Gasteiger partial charge in [0.05, 0.1) is 45.2 Å². The first-order valence-corrected chi connectivity index (χ1v) is 9.97. The molecule has 0 fully saturated rings. The molecule has 12 nitrogen and oxygen atoms in total. The lowest BCUT2D eigenvalue weighted by atomic mass is 10.0. The monoisotopic (exact) mass is 465 g/mol. The summed E-state index contributed by atoms with van der Waals surface area (Å²) < 4.78 is 25.7. The van der Waals surface area contributed by atoms with Crippen LogP contribution in [0.5, 0.6) is 17.2 Å². The van der Waals surface area contributed by atoms with Crippen LogP contribution < -0.4 is 30.2 Å². The van der Waals surface area contributed by atoms with E-state index in [-0.39, 0.29) is 41.5 Å². The van der Waals surface area contributed by atoms with Crippen molar-refractivity contribution in [2.24, 2.45) is 0 Å². The molecule has 180 valence electrons. The number of hydrogen-bond acceptors (Lipinski definition) is 9. The number of benzene rings is 1. The number of nitrogens with one attached hydrogen (secondary N) is 3. The van der Waals surface area contributed by atoms with E-state index < -0.39 is 36.5 Å². The van der Waals surface area contributed by atoms with Crippen LogP contribution >= 0.6 is 0 Å². The Morgan fingerprint density at radius 3 is 2.21 bits per heavy atom. The summed E-state index contributed by atoms with van der Waals surface area (Å²) in [6, 6.07) is 1.69. The van der Waals surface area contributed by atoms with E-state index in [2.05, 4.69) is 16.0 Å². The minimum absolute atomic E-state index is 0.106. The van der Waals surface area contributed by atoms with Crippen molar-refractivity contribution in [3.8, 4) is 17.2 Å². The molecule has 1 aliphatic rings. The van der Waals surface area contributed by atoms with Crippen LogP contribution in [0.1, 0.15) is 24.2 Å². The lowest BCUT2D eigenvalue weighted by Crippen LogP contribution is -2.50. The molecular weight excluding hydrogens is 438 g/mol. The van der Waals surface area contributed by atoms with E-state index in [0.717, 1.165) is 0 Å². The standard InChI is InChI=1S/C21H27N3O9/c1-6-32-20(27)17-11(2)23-21(28)24-13(17)10-33-16(25)9-22-19(26)12-7-14(29-3)18(31-5)15(8-12)30-4/h7-8,11H,6,9-10H2,1-5H3,(H,22,26)(H2,23,24,28)/t11-/m0/s1. The van der Waals surface area contributed by atoms with Gasteiger partial charge in [0.1, 0.15) is 13.2 Å². The molecule has 33 heavy (non-hydrogen) atoms. The summed E-state index contributed by atoms with van der Waals surface area (Å²) in [4.78, 5) is 48.6. The van der Waals surface area contributed by atoms with Gasteiger partial charge in [-0.15, -0.1) is 0 Å². The van der Waals surface area contributed by atoms with Crippen molar-refractivity contribution in [2.45, 2.75) is 19.9 Å². The number of hydrogen-bond donors (Lipinski definition) is 3. The fraction of sp³-hybridized carbons (Fsp3) is 0.429. The Morgan fingerprint density at radius 1 is 1.03 bits per heavy atom. The van der Waals surface area contributed by atoms with Crippen molar-refractivity contribution in [3.63, 3.8) is 0 Å². The summed E-state index contributed by atoms with van der Waals surface area (Å²) in [5, 5.41) is 7.40. The van der Waals surface area contributed by atoms with Crippen LogP contribution in [0.2, 0.25) is 0 Å². The molecule has 1 aromatic carbocycles. The van der Waals surface area contributed by atoms with Gasteiger partial charge < -0.3 is 39.6 Å². The molecule has 3 amide bonds. The van der Waals surface area contributed by atoms with Crippen molar-refractivity contribution in [1.82, 2.24) is 16.0 Å². The third-order valence-electron chi connectivity index (χ3n) is 4.56. The summed E-state index contributed by atoms with van der Waals surface area (Å²) in [7, 11) is 4.26. The van der Waals surface area contributed by atoms with Gasteiger partial charge in [0.15, 0.2) is 11.5 Å². The molecule has 1 aliphatic heterocycles. The normalized spacial score (nSPS) is 15.1. The second-order valence-corrected chi connectivity index (χ2v) is 6.69. The minimum Gasteiger partial charge on any atom is -0.493 e. The molecule has 0 bridgehead atoms. The molecule has 0 spiro atoms. The highest BCUT2D eigenvalue weighted by molar-refractivity contribution is 5.97. The molecule has 0 unspecified atom stereocenters. The van der Waals surface area contributed by atoms with Crippen LogP contribution in [0.15, 0.2) is 23.4 Å². The maximum atomic E-state index is 12.5. The SMILES string of the molecule is CCOC(=O)C1=C(COC(=O)CNC(=O)c2cc(OC)c(OC)c(OC)c2)NC(=O)N[C@H]1C. The second-order valence-electron chi connectivity index (χ2n) is 6.69. The highest BCUT2D eigenvalue weighted by Gasteiger charge is 2.30. The Balaban J connectivity index is 2.03. The Morgan fingerprint density at radius 2 is 1.67 bits per heavy atom. The smallest absolute Gasteiger partial charge is 0.338 e. The fourth-order valence-electron chi connectivity index (χ4n) is 3.06. The minimum atomic E-state index is -0.785. The number of esters is 2. The molecule has 0 saturated heterocycles. The van der Waals surface area contributed by atoms with Gasteiger partial charge in [0.2, 0.25) is 5.75 Å². The van der Waals surface area contributed by atoms with Crippen molar-refractivity contribution in [2.75, 3.05) is 41.1 Å². The topological polar surface area (TPSA) is 151 Å². The average Bonchev–Trinajstić information content (AvgIpc) is 2.79. The van der Waals surface area contributed by atoms with Crippen molar-refractivity contribution in [3.05, 3.63) is 29.0 Å². The zero-order valence-electron chi connectivity index (χ0n) is 19.0. The van der Waals surface area contributed by atoms with Crippen molar-refractivity contribution in [1.29, 1.82) is 0 Å². The van der Waals surface area contributed by atoms with Crippen LogP contribution in [0, 0.1) is 0 Å².